The van der Waals surface area contributed by atoms with Crippen LogP contribution in [0.1, 0.15) is 30.4 Å². The molecule has 1 heterocycles. The number of methoxy groups -OCH3 is 3. The quantitative estimate of drug-likeness (QED) is 0.544. The number of piperidine rings is 1. The molecule has 4 nitrogen and oxygen atoms in total. The Balaban J connectivity index is 1.64. The van der Waals surface area contributed by atoms with E-state index in [1.807, 2.05) is 17.8 Å². The van der Waals surface area contributed by atoms with Crippen molar-refractivity contribution in [2.45, 2.75) is 30.4 Å². The minimum Gasteiger partial charge on any atom is -0.493 e. The number of nitrogens with zero attached hydrogens (tertiary/aromatic N) is 1. The van der Waals surface area contributed by atoms with Gasteiger partial charge in [-0.3, -0.25) is 4.90 Å². The molecule has 0 aromatic heterocycles. The second kappa shape index (κ2) is 11.2. The molecule has 1 aliphatic rings. The van der Waals surface area contributed by atoms with E-state index >= 15 is 0 Å². The SMILES string of the molecule is COc1ccc(CSC2CCCCN2CC=Cc2ccccc2)c(OC)c1OC. The van der Waals surface area contributed by atoms with Gasteiger partial charge in [-0.25, -0.2) is 0 Å². The number of benzene rings is 2. The van der Waals surface area contributed by atoms with E-state index in [0.717, 1.165) is 30.2 Å². The zero-order chi connectivity index (χ0) is 20.5. The Morgan fingerprint density at radius 1 is 0.966 bits per heavy atom. The van der Waals surface area contributed by atoms with E-state index in [0.29, 0.717) is 16.9 Å². The summed E-state index contributed by atoms with van der Waals surface area (Å²) in [5.74, 6) is 3.01. The first-order valence-electron chi connectivity index (χ1n) is 10.1. The van der Waals surface area contributed by atoms with Crippen LogP contribution in [0.3, 0.4) is 0 Å². The van der Waals surface area contributed by atoms with Gasteiger partial charge in [0, 0.05) is 17.9 Å². The number of hydrogen-bond donors (Lipinski definition) is 0. The first-order valence-corrected chi connectivity index (χ1v) is 11.2. The van der Waals surface area contributed by atoms with Gasteiger partial charge >= 0.3 is 0 Å². The lowest BCUT2D eigenvalue weighted by molar-refractivity contribution is 0.227. The zero-order valence-corrected chi connectivity index (χ0v) is 18.4. The summed E-state index contributed by atoms with van der Waals surface area (Å²) in [5, 5.41) is 0.516. The normalized spacial score (nSPS) is 17.4. The van der Waals surface area contributed by atoms with Gasteiger partial charge in [0.15, 0.2) is 11.5 Å². The Morgan fingerprint density at radius 3 is 2.48 bits per heavy atom. The molecule has 0 N–H and O–H groups in total. The van der Waals surface area contributed by atoms with Gasteiger partial charge in [-0.1, -0.05) is 48.6 Å². The molecular weight excluding hydrogens is 382 g/mol. The molecule has 2 aromatic carbocycles. The highest BCUT2D eigenvalue weighted by Gasteiger charge is 2.23. The zero-order valence-electron chi connectivity index (χ0n) is 17.6. The Kier molecular flexibility index (Phi) is 8.32. The molecule has 5 heteroatoms. The van der Waals surface area contributed by atoms with Crippen LogP contribution in [0.2, 0.25) is 0 Å². The average Bonchev–Trinajstić information content (AvgIpc) is 2.78. The van der Waals surface area contributed by atoms with Gasteiger partial charge in [-0.15, -0.1) is 11.8 Å². The van der Waals surface area contributed by atoms with Crippen LogP contribution in [0.5, 0.6) is 17.2 Å². The van der Waals surface area contributed by atoms with Crippen LogP contribution in [0.25, 0.3) is 6.08 Å². The van der Waals surface area contributed by atoms with Crippen molar-refractivity contribution in [1.82, 2.24) is 4.90 Å². The van der Waals surface area contributed by atoms with E-state index in [-0.39, 0.29) is 0 Å². The predicted octanol–water partition coefficient (Wildman–Crippen LogP) is 5.47. The highest BCUT2D eigenvalue weighted by atomic mass is 32.2. The number of ether oxygens (including phenoxy) is 3. The molecule has 0 aliphatic carbocycles. The van der Waals surface area contributed by atoms with E-state index in [2.05, 4.69) is 53.5 Å². The maximum absolute atomic E-state index is 5.65. The molecule has 29 heavy (non-hydrogen) atoms. The highest BCUT2D eigenvalue weighted by Crippen LogP contribution is 2.42. The fraction of sp³-hybridized carbons (Fsp3) is 0.417. The Labute approximate surface area is 178 Å². The molecule has 1 aliphatic heterocycles. The highest BCUT2D eigenvalue weighted by molar-refractivity contribution is 7.99. The van der Waals surface area contributed by atoms with Gasteiger partial charge in [0.05, 0.1) is 26.7 Å². The Bertz CT molecular complexity index is 794. The Hall–Kier alpha value is -2.11. The second-order valence-electron chi connectivity index (χ2n) is 7.06. The first-order chi connectivity index (χ1) is 14.3. The van der Waals surface area contributed by atoms with Gasteiger partial charge in [0.25, 0.3) is 0 Å². The smallest absolute Gasteiger partial charge is 0.203 e. The lowest BCUT2D eigenvalue weighted by atomic mass is 10.1. The molecule has 0 saturated carbocycles. The summed E-state index contributed by atoms with van der Waals surface area (Å²) in [4.78, 5) is 2.58. The van der Waals surface area contributed by atoms with E-state index in [4.69, 9.17) is 14.2 Å². The van der Waals surface area contributed by atoms with E-state index in [9.17, 15) is 0 Å². The van der Waals surface area contributed by atoms with E-state index in [1.54, 1.807) is 21.3 Å². The van der Waals surface area contributed by atoms with Crippen molar-refractivity contribution >= 4 is 17.8 Å². The molecule has 1 unspecified atom stereocenters. The first kappa shape index (κ1) is 21.6. The molecule has 0 spiro atoms. The summed E-state index contributed by atoms with van der Waals surface area (Å²) in [5.41, 5.74) is 2.39. The summed E-state index contributed by atoms with van der Waals surface area (Å²) >= 11 is 1.98. The van der Waals surface area contributed by atoms with Gasteiger partial charge in [0.2, 0.25) is 5.75 Å². The summed E-state index contributed by atoms with van der Waals surface area (Å²) in [6.07, 6.45) is 8.29. The molecule has 1 atom stereocenters. The van der Waals surface area contributed by atoms with Gasteiger partial charge in [0.1, 0.15) is 0 Å². The van der Waals surface area contributed by atoms with Gasteiger partial charge < -0.3 is 14.2 Å². The minimum absolute atomic E-state index is 0.516. The van der Waals surface area contributed by atoms with Crippen molar-refractivity contribution < 1.29 is 14.2 Å². The summed E-state index contributed by atoms with van der Waals surface area (Å²) in [6, 6.07) is 14.5. The fourth-order valence-electron chi connectivity index (χ4n) is 3.71. The molecule has 0 amide bonds. The van der Waals surface area contributed by atoms with E-state index in [1.165, 1.54) is 24.8 Å². The van der Waals surface area contributed by atoms with Crippen LogP contribution in [0, 0.1) is 0 Å². The van der Waals surface area contributed by atoms with Crippen LogP contribution in [0.15, 0.2) is 48.5 Å². The van der Waals surface area contributed by atoms with Crippen LogP contribution in [-0.4, -0.2) is 44.7 Å². The minimum atomic E-state index is 0.516. The topological polar surface area (TPSA) is 30.9 Å². The Morgan fingerprint density at radius 2 is 1.76 bits per heavy atom. The molecule has 0 radical (unpaired) electrons. The number of thioether (sulfide) groups is 1. The summed E-state index contributed by atoms with van der Waals surface area (Å²) < 4.78 is 16.6. The maximum Gasteiger partial charge on any atom is 0.203 e. The number of rotatable bonds is 9. The molecular formula is C24H31NO3S. The largest absolute Gasteiger partial charge is 0.493 e. The van der Waals surface area contributed by atoms with E-state index < -0.39 is 0 Å². The number of hydrogen-bond acceptors (Lipinski definition) is 5. The molecule has 1 fully saturated rings. The molecule has 0 bridgehead atoms. The number of likely N-dealkylation sites (tertiary alicyclic amines) is 1. The van der Waals surface area contributed by atoms with Crippen molar-refractivity contribution in [3.8, 4) is 17.2 Å². The van der Waals surface area contributed by atoms with Crippen molar-refractivity contribution in [3.63, 3.8) is 0 Å². The molecule has 156 valence electrons. The van der Waals surface area contributed by atoms with Crippen LogP contribution in [-0.2, 0) is 5.75 Å². The standard InChI is InChI=1S/C24H31NO3S/c1-26-21-15-14-20(23(27-2)24(21)28-3)18-29-22-13-7-8-16-25(22)17-9-12-19-10-5-4-6-11-19/h4-6,9-12,14-15,22H,7-8,13,16-18H2,1-3H3. The lowest BCUT2D eigenvalue weighted by Crippen LogP contribution is -2.37. The van der Waals surface area contributed by atoms with Gasteiger partial charge in [-0.05, 0) is 37.4 Å². The van der Waals surface area contributed by atoms with Crippen molar-refractivity contribution in [3.05, 3.63) is 59.7 Å². The maximum atomic E-state index is 5.65. The summed E-state index contributed by atoms with van der Waals surface area (Å²) in [7, 11) is 4.99. The molecule has 3 rings (SSSR count). The average molecular weight is 414 g/mol. The monoisotopic (exact) mass is 413 g/mol. The third kappa shape index (κ3) is 5.71. The van der Waals surface area contributed by atoms with Gasteiger partial charge in [-0.2, -0.15) is 0 Å². The second-order valence-corrected chi connectivity index (χ2v) is 8.23. The van der Waals surface area contributed by atoms with Crippen LogP contribution < -0.4 is 14.2 Å². The molecule has 1 saturated heterocycles. The predicted molar refractivity (Wildman–Crippen MR) is 122 cm³/mol. The molecule has 2 aromatic rings. The third-order valence-corrected chi connectivity index (χ3v) is 6.62. The third-order valence-electron chi connectivity index (χ3n) is 5.22. The fourth-order valence-corrected chi connectivity index (χ4v) is 5.04. The van der Waals surface area contributed by atoms with Crippen molar-refractivity contribution in [2.75, 3.05) is 34.4 Å². The van der Waals surface area contributed by atoms with Crippen LogP contribution >= 0.6 is 11.8 Å². The summed E-state index contributed by atoms with van der Waals surface area (Å²) in [6.45, 7) is 2.13. The van der Waals surface area contributed by atoms with Crippen molar-refractivity contribution in [2.24, 2.45) is 0 Å². The van der Waals surface area contributed by atoms with Crippen molar-refractivity contribution in [1.29, 1.82) is 0 Å². The lowest BCUT2D eigenvalue weighted by Gasteiger charge is -2.34. The van der Waals surface area contributed by atoms with Crippen LogP contribution in [0.4, 0.5) is 0 Å².